The summed E-state index contributed by atoms with van der Waals surface area (Å²) in [7, 11) is -1.37. The number of nitrogens with zero attached hydrogens (tertiary/aromatic N) is 9. The highest BCUT2D eigenvalue weighted by atomic mass is 35.5. The summed E-state index contributed by atoms with van der Waals surface area (Å²) in [6.45, 7) is 1.65. The number of ether oxygens (including phenoxy) is 1. The molecule has 1 fully saturated rings. The van der Waals surface area contributed by atoms with E-state index < -0.39 is 9.84 Å². The van der Waals surface area contributed by atoms with Crippen LogP contribution in [0.25, 0.3) is 33.5 Å². The Morgan fingerprint density at radius 2 is 1.84 bits per heavy atom. The summed E-state index contributed by atoms with van der Waals surface area (Å²) in [6.07, 6.45) is 1.56. The van der Waals surface area contributed by atoms with Gasteiger partial charge in [-0.05, 0) is 29.5 Å². The predicted octanol–water partition coefficient (Wildman–Crippen LogP) is 2.13. The summed E-state index contributed by atoms with van der Waals surface area (Å²) < 4.78 is 30.6. The number of anilines is 2. The lowest BCUT2D eigenvalue weighted by atomic mass is 10.1. The van der Waals surface area contributed by atoms with E-state index in [2.05, 4.69) is 46.1 Å². The van der Waals surface area contributed by atoms with Crippen LogP contribution in [0.15, 0.2) is 41.3 Å². The van der Waals surface area contributed by atoms with Crippen molar-refractivity contribution in [2.45, 2.75) is 0 Å². The molecule has 6 rings (SSSR count). The molecule has 5 heterocycles. The molecule has 0 amide bonds. The molecule has 15 nitrogen and oxygen atoms in total. The highest BCUT2D eigenvalue weighted by Crippen LogP contribution is 2.34. The molecule has 1 aromatic carbocycles. The Bertz CT molecular complexity index is 1950. The van der Waals surface area contributed by atoms with E-state index in [0.717, 1.165) is 0 Å². The molecule has 1 saturated heterocycles. The molecule has 4 aromatic heterocycles. The molecule has 1 aliphatic rings. The summed E-state index contributed by atoms with van der Waals surface area (Å²) in [4.78, 5) is 24.2. The van der Waals surface area contributed by atoms with Gasteiger partial charge in [0.25, 0.3) is 5.56 Å². The molecule has 0 bridgehead atoms. The first-order chi connectivity index (χ1) is 20.7. The Balaban J connectivity index is 1.24. The van der Waals surface area contributed by atoms with Crippen LogP contribution in [-0.2, 0) is 16.9 Å². The summed E-state index contributed by atoms with van der Waals surface area (Å²) in [6, 6.07) is 8.30. The van der Waals surface area contributed by atoms with Crippen molar-refractivity contribution in [3.8, 4) is 28.4 Å². The van der Waals surface area contributed by atoms with Crippen LogP contribution in [-0.4, -0.2) is 96.4 Å². The van der Waals surface area contributed by atoms with E-state index in [-0.39, 0.29) is 47.1 Å². The number of sulfone groups is 1. The fraction of sp³-hybridized carbons (Fsp3) is 0.280. The molecule has 5 aromatic rings. The second-order valence-electron chi connectivity index (χ2n) is 9.64. The van der Waals surface area contributed by atoms with Crippen LogP contribution in [0.5, 0.6) is 5.88 Å². The SMILES string of the molecule is Cn1c(=O)c(-c2c(Cl)cccc2Cl)cc2cnc(Nc3cc(-c4nn[nH]n4)c(OCCN4CCS(=O)(=O)CC4)nn3)nc21. The van der Waals surface area contributed by atoms with Crippen molar-refractivity contribution >= 4 is 55.8 Å². The Labute approximate surface area is 254 Å². The van der Waals surface area contributed by atoms with Crippen molar-refractivity contribution < 1.29 is 13.2 Å². The zero-order valence-electron chi connectivity index (χ0n) is 22.5. The van der Waals surface area contributed by atoms with Gasteiger partial charge in [-0.1, -0.05) is 29.3 Å². The van der Waals surface area contributed by atoms with E-state index in [0.29, 0.717) is 57.4 Å². The Kier molecular flexibility index (Phi) is 7.91. The molecule has 222 valence electrons. The second-order valence-corrected chi connectivity index (χ2v) is 12.8. The molecule has 0 atom stereocenters. The van der Waals surface area contributed by atoms with Crippen LogP contribution in [0.4, 0.5) is 11.8 Å². The van der Waals surface area contributed by atoms with E-state index >= 15 is 0 Å². The lowest BCUT2D eigenvalue weighted by molar-refractivity contribution is 0.214. The standard InChI is InChI=1S/C25H23Cl2N11O4S/c1-37-22-14(11-15(24(37)39)20-17(26)3-2-4-18(20)27)13-28-25(30-22)29-19-12-16(21-32-35-36-33-21)23(34-31-19)42-8-5-38-6-9-43(40,41)10-7-38/h2-4,11-13H,5-10H2,1H3,(H,28,29,30,31)(H,32,33,35,36). The number of pyridine rings is 1. The number of fused-ring (bicyclic) bond motifs is 1. The highest BCUT2D eigenvalue weighted by Gasteiger charge is 2.22. The van der Waals surface area contributed by atoms with Crippen LogP contribution in [0, 0.1) is 0 Å². The fourth-order valence-corrected chi connectivity index (χ4v) is 6.46. The minimum atomic E-state index is -2.97. The third-order valence-electron chi connectivity index (χ3n) is 6.85. The number of H-pyrrole nitrogens is 1. The van der Waals surface area contributed by atoms with E-state index in [1.807, 2.05) is 4.90 Å². The topological polar surface area (TPSA) is 187 Å². The van der Waals surface area contributed by atoms with Gasteiger partial charge in [-0.25, -0.2) is 13.4 Å². The van der Waals surface area contributed by atoms with Crippen molar-refractivity contribution in [3.05, 3.63) is 56.9 Å². The van der Waals surface area contributed by atoms with Gasteiger partial charge in [0.15, 0.2) is 15.7 Å². The van der Waals surface area contributed by atoms with Crippen molar-refractivity contribution in [1.82, 2.24) is 50.3 Å². The third-order valence-corrected chi connectivity index (χ3v) is 9.09. The van der Waals surface area contributed by atoms with E-state index in [4.69, 9.17) is 27.9 Å². The molecule has 1 aliphatic heterocycles. The molecule has 18 heteroatoms. The summed E-state index contributed by atoms with van der Waals surface area (Å²) in [5, 5.41) is 26.7. The molecule has 0 unspecified atom stereocenters. The zero-order chi connectivity index (χ0) is 30.1. The van der Waals surface area contributed by atoms with Crippen molar-refractivity contribution in [1.29, 1.82) is 0 Å². The molecule has 0 spiro atoms. The van der Waals surface area contributed by atoms with Gasteiger partial charge in [0.2, 0.25) is 17.7 Å². The number of tetrazole rings is 1. The average Bonchev–Trinajstić information content (AvgIpc) is 3.52. The lowest BCUT2D eigenvalue weighted by Crippen LogP contribution is -2.42. The number of benzene rings is 1. The third kappa shape index (κ3) is 6.13. The smallest absolute Gasteiger partial charge is 0.259 e. The van der Waals surface area contributed by atoms with Gasteiger partial charge in [-0.15, -0.1) is 20.4 Å². The number of rotatable bonds is 8. The highest BCUT2D eigenvalue weighted by molar-refractivity contribution is 7.91. The predicted molar refractivity (Wildman–Crippen MR) is 159 cm³/mol. The molecule has 0 saturated carbocycles. The van der Waals surface area contributed by atoms with Crippen LogP contribution in [0.1, 0.15) is 0 Å². The average molecular weight is 645 g/mol. The van der Waals surface area contributed by atoms with Gasteiger partial charge in [0.05, 0.1) is 32.7 Å². The number of aryl methyl sites for hydroxylation is 1. The largest absolute Gasteiger partial charge is 0.475 e. The normalized spacial score (nSPS) is 15.0. The van der Waals surface area contributed by atoms with Gasteiger partial charge in [-0.2, -0.15) is 10.2 Å². The minimum Gasteiger partial charge on any atom is -0.475 e. The number of aromatic nitrogens is 9. The van der Waals surface area contributed by atoms with Crippen LogP contribution < -0.4 is 15.6 Å². The zero-order valence-corrected chi connectivity index (χ0v) is 24.9. The van der Waals surface area contributed by atoms with E-state index in [9.17, 15) is 13.2 Å². The molecular formula is C25H23Cl2N11O4S. The number of hydrogen-bond donors (Lipinski definition) is 2. The van der Waals surface area contributed by atoms with E-state index in [1.165, 1.54) is 4.57 Å². The molecular weight excluding hydrogens is 621 g/mol. The molecule has 43 heavy (non-hydrogen) atoms. The van der Waals surface area contributed by atoms with Crippen LogP contribution in [0.2, 0.25) is 10.0 Å². The quantitative estimate of drug-likeness (QED) is 0.250. The van der Waals surface area contributed by atoms with E-state index in [1.54, 1.807) is 43.6 Å². The second kappa shape index (κ2) is 11.8. The maximum Gasteiger partial charge on any atom is 0.259 e. The number of hydrogen-bond acceptors (Lipinski definition) is 13. The fourth-order valence-electron chi connectivity index (χ4n) is 4.59. The van der Waals surface area contributed by atoms with Gasteiger partial charge < -0.3 is 10.1 Å². The number of nitrogens with one attached hydrogen (secondary N) is 2. The maximum atomic E-state index is 13.3. The van der Waals surface area contributed by atoms with Gasteiger partial charge in [0, 0.05) is 43.8 Å². The molecule has 2 N–H and O–H groups in total. The summed E-state index contributed by atoms with van der Waals surface area (Å²) in [5.74, 6) is 1.07. The Morgan fingerprint density at radius 1 is 1.07 bits per heavy atom. The first-order valence-corrected chi connectivity index (χ1v) is 15.5. The number of aromatic amines is 1. The summed E-state index contributed by atoms with van der Waals surface area (Å²) in [5.41, 5.74) is 1.20. The van der Waals surface area contributed by atoms with Crippen LogP contribution in [0.3, 0.4) is 0 Å². The monoisotopic (exact) mass is 643 g/mol. The number of halogens is 2. The van der Waals surface area contributed by atoms with Crippen molar-refractivity contribution in [2.75, 3.05) is 43.1 Å². The molecule has 0 radical (unpaired) electrons. The van der Waals surface area contributed by atoms with Gasteiger partial charge in [0.1, 0.15) is 12.3 Å². The van der Waals surface area contributed by atoms with Crippen molar-refractivity contribution in [3.63, 3.8) is 0 Å². The first kappa shape index (κ1) is 28.9. The maximum absolute atomic E-state index is 13.3. The lowest BCUT2D eigenvalue weighted by Gasteiger charge is -2.26. The minimum absolute atomic E-state index is 0.128. The van der Waals surface area contributed by atoms with Crippen molar-refractivity contribution in [2.24, 2.45) is 7.05 Å². The van der Waals surface area contributed by atoms with Gasteiger partial charge in [-0.3, -0.25) is 14.3 Å². The first-order valence-electron chi connectivity index (χ1n) is 12.9. The molecule has 0 aliphatic carbocycles. The Morgan fingerprint density at radius 3 is 2.56 bits per heavy atom. The van der Waals surface area contributed by atoms with Crippen LogP contribution >= 0.6 is 23.2 Å². The Hall–Kier alpha value is -4.25. The summed E-state index contributed by atoms with van der Waals surface area (Å²) >= 11 is 12.7. The van der Waals surface area contributed by atoms with Gasteiger partial charge >= 0.3 is 0 Å².